The number of hydrogen-bond acceptors (Lipinski definition) is 7. The quantitative estimate of drug-likeness (QED) is 0.322. The first-order valence-electron chi connectivity index (χ1n) is 12.0. The summed E-state index contributed by atoms with van der Waals surface area (Å²) in [5, 5.41) is 15.9. The average molecular weight is 518 g/mol. The van der Waals surface area contributed by atoms with Gasteiger partial charge in [0.25, 0.3) is 0 Å². The fourth-order valence-corrected chi connectivity index (χ4v) is 5.51. The highest BCUT2D eigenvalue weighted by atomic mass is 32.2. The number of nitrogens with one attached hydrogen (secondary N) is 2. The number of amides is 1. The maximum absolute atomic E-state index is 13.5. The van der Waals surface area contributed by atoms with Crippen LogP contribution in [0, 0.1) is 6.92 Å². The second-order valence-corrected chi connectivity index (χ2v) is 10.7. The Hall–Kier alpha value is -4.02. The molecule has 0 bridgehead atoms. The molecule has 3 aromatic carbocycles. The van der Waals surface area contributed by atoms with Crippen molar-refractivity contribution >= 4 is 27.3 Å². The number of primary sulfonamides is 1. The zero-order valence-corrected chi connectivity index (χ0v) is 21.1. The summed E-state index contributed by atoms with van der Waals surface area (Å²) in [5.41, 5.74) is 2.65. The molecule has 1 aliphatic rings. The van der Waals surface area contributed by atoms with E-state index in [1.165, 1.54) is 6.07 Å². The van der Waals surface area contributed by atoms with Crippen molar-refractivity contribution in [3.8, 4) is 22.5 Å². The first-order valence-corrected chi connectivity index (χ1v) is 13.5. The number of anilines is 2. The number of aryl methyl sites for hydroxylation is 1. The molecule has 9 nitrogen and oxygen atoms in total. The predicted octanol–water partition coefficient (Wildman–Crippen LogP) is 4.72. The highest BCUT2D eigenvalue weighted by Gasteiger charge is 2.41. The molecule has 1 aromatic heterocycles. The van der Waals surface area contributed by atoms with Crippen LogP contribution in [-0.2, 0) is 14.8 Å². The number of carbonyl (C=O) groups excluding carboxylic acids is 1. The number of hydrogen-bond donors (Lipinski definition) is 3. The zero-order valence-electron chi connectivity index (χ0n) is 20.3. The standard InChI is InChI=1S/C27H27N5O4S/c1-18-29-25(32-36-18)20-7-6-8-22(17-20)31-27(15-4-5-16-27)26(33)30-21-13-11-19(12-14-21)23-9-2-3-10-24(23)37(28,34)35/h2-3,6-14,17,31H,4-5,15-16H2,1H3,(H,30,33)(H2,28,34,35). The van der Waals surface area contributed by atoms with E-state index in [1.54, 1.807) is 49.4 Å². The van der Waals surface area contributed by atoms with Gasteiger partial charge in [0, 0.05) is 29.4 Å². The van der Waals surface area contributed by atoms with Crippen LogP contribution in [-0.4, -0.2) is 30.0 Å². The van der Waals surface area contributed by atoms with Crippen LogP contribution in [0.2, 0.25) is 0 Å². The number of aromatic nitrogens is 2. The molecule has 1 amide bonds. The van der Waals surface area contributed by atoms with E-state index in [0.717, 1.165) is 24.1 Å². The summed E-state index contributed by atoms with van der Waals surface area (Å²) in [5.74, 6) is 0.859. The minimum absolute atomic E-state index is 0.0547. The third kappa shape index (κ3) is 5.25. The summed E-state index contributed by atoms with van der Waals surface area (Å²) < 4.78 is 29.0. The third-order valence-electron chi connectivity index (χ3n) is 6.57. The van der Waals surface area contributed by atoms with Crippen LogP contribution in [0.5, 0.6) is 0 Å². The van der Waals surface area contributed by atoms with Crippen molar-refractivity contribution in [2.24, 2.45) is 5.14 Å². The summed E-state index contributed by atoms with van der Waals surface area (Å²) in [4.78, 5) is 17.9. The van der Waals surface area contributed by atoms with E-state index in [0.29, 0.717) is 41.4 Å². The van der Waals surface area contributed by atoms with Gasteiger partial charge < -0.3 is 15.2 Å². The van der Waals surface area contributed by atoms with Gasteiger partial charge in [-0.1, -0.05) is 60.5 Å². The predicted molar refractivity (Wildman–Crippen MR) is 141 cm³/mol. The Morgan fingerprint density at radius 3 is 2.35 bits per heavy atom. The van der Waals surface area contributed by atoms with Gasteiger partial charge in [-0.3, -0.25) is 4.79 Å². The smallest absolute Gasteiger partial charge is 0.250 e. The van der Waals surface area contributed by atoms with Crippen molar-refractivity contribution in [3.05, 3.63) is 78.7 Å². The van der Waals surface area contributed by atoms with Gasteiger partial charge in [-0.25, -0.2) is 13.6 Å². The maximum Gasteiger partial charge on any atom is 0.250 e. The number of nitrogens with zero attached hydrogens (tertiary/aromatic N) is 2. The van der Waals surface area contributed by atoms with E-state index in [1.807, 2.05) is 24.3 Å². The van der Waals surface area contributed by atoms with Crippen molar-refractivity contribution in [2.45, 2.75) is 43.0 Å². The van der Waals surface area contributed by atoms with Crippen LogP contribution in [0.4, 0.5) is 11.4 Å². The Balaban J connectivity index is 1.35. The molecular weight excluding hydrogens is 490 g/mol. The van der Waals surface area contributed by atoms with Crippen LogP contribution in [0.3, 0.4) is 0 Å². The average Bonchev–Trinajstić information content (AvgIpc) is 3.54. The van der Waals surface area contributed by atoms with Crippen molar-refractivity contribution < 1.29 is 17.7 Å². The van der Waals surface area contributed by atoms with Crippen LogP contribution in [0.1, 0.15) is 31.6 Å². The van der Waals surface area contributed by atoms with Gasteiger partial charge in [0.05, 0.1) is 4.90 Å². The van der Waals surface area contributed by atoms with E-state index in [4.69, 9.17) is 9.66 Å². The van der Waals surface area contributed by atoms with E-state index in [2.05, 4.69) is 20.8 Å². The lowest BCUT2D eigenvalue weighted by Gasteiger charge is -2.30. The summed E-state index contributed by atoms with van der Waals surface area (Å²) >= 11 is 0. The van der Waals surface area contributed by atoms with Gasteiger partial charge in [0.1, 0.15) is 5.54 Å². The number of nitrogens with two attached hydrogens (primary N) is 1. The zero-order chi connectivity index (χ0) is 26.0. The van der Waals surface area contributed by atoms with E-state index >= 15 is 0 Å². The van der Waals surface area contributed by atoms with Gasteiger partial charge >= 0.3 is 0 Å². The summed E-state index contributed by atoms with van der Waals surface area (Å²) in [6, 6.07) is 21.2. The topological polar surface area (TPSA) is 140 Å². The van der Waals surface area contributed by atoms with Crippen molar-refractivity contribution in [1.82, 2.24) is 10.1 Å². The molecule has 1 heterocycles. The molecule has 37 heavy (non-hydrogen) atoms. The summed E-state index contributed by atoms with van der Waals surface area (Å²) in [6.45, 7) is 1.74. The Morgan fingerprint density at radius 2 is 1.68 bits per heavy atom. The lowest BCUT2D eigenvalue weighted by molar-refractivity contribution is -0.120. The Morgan fingerprint density at radius 1 is 0.946 bits per heavy atom. The van der Waals surface area contributed by atoms with Gasteiger partial charge in [0.2, 0.25) is 27.6 Å². The van der Waals surface area contributed by atoms with Crippen molar-refractivity contribution in [2.75, 3.05) is 10.6 Å². The van der Waals surface area contributed by atoms with Gasteiger partial charge in [-0.2, -0.15) is 4.98 Å². The first-order chi connectivity index (χ1) is 17.7. The molecule has 0 atom stereocenters. The minimum atomic E-state index is -3.87. The van der Waals surface area contributed by atoms with Gasteiger partial charge in [0.15, 0.2) is 0 Å². The molecule has 5 rings (SSSR count). The molecule has 0 unspecified atom stereocenters. The molecule has 0 spiro atoms. The monoisotopic (exact) mass is 517 g/mol. The highest BCUT2D eigenvalue weighted by Crippen LogP contribution is 2.35. The molecule has 1 fully saturated rings. The molecule has 0 aliphatic heterocycles. The highest BCUT2D eigenvalue weighted by molar-refractivity contribution is 7.89. The molecule has 10 heteroatoms. The molecule has 1 aliphatic carbocycles. The lowest BCUT2D eigenvalue weighted by atomic mass is 9.95. The van der Waals surface area contributed by atoms with E-state index in [-0.39, 0.29) is 10.8 Å². The van der Waals surface area contributed by atoms with Crippen LogP contribution < -0.4 is 15.8 Å². The molecule has 4 N–H and O–H groups in total. The number of carbonyl (C=O) groups is 1. The van der Waals surface area contributed by atoms with Crippen LogP contribution >= 0.6 is 0 Å². The van der Waals surface area contributed by atoms with Crippen LogP contribution in [0.15, 0.2) is 82.2 Å². The van der Waals surface area contributed by atoms with E-state index in [9.17, 15) is 13.2 Å². The van der Waals surface area contributed by atoms with Gasteiger partial charge in [-0.15, -0.1) is 0 Å². The molecule has 1 saturated carbocycles. The molecule has 190 valence electrons. The van der Waals surface area contributed by atoms with Crippen molar-refractivity contribution in [1.29, 1.82) is 0 Å². The lowest BCUT2D eigenvalue weighted by Crippen LogP contribution is -2.47. The number of sulfonamides is 1. The van der Waals surface area contributed by atoms with E-state index < -0.39 is 15.6 Å². The normalized spacial score (nSPS) is 14.9. The first kappa shape index (κ1) is 24.7. The van der Waals surface area contributed by atoms with Crippen molar-refractivity contribution in [3.63, 3.8) is 0 Å². The maximum atomic E-state index is 13.5. The van der Waals surface area contributed by atoms with Crippen LogP contribution in [0.25, 0.3) is 22.5 Å². The summed E-state index contributed by atoms with van der Waals surface area (Å²) in [7, 11) is -3.87. The largest absolute Gasteiger partial charge is 0.371 e. The third-order valence-corrected chi connectivity index (χ3v) is 7.54. The fourth-order valence-electron chi connectivity index (χ4n) is 4.75. The Kier molecular flexibility index (Phi) is 6.53. The second-order valence-electron chi connectivity index (χ2n) is 9.20. The molecule has 0 radical (unpaired) electrons. The molecular formula is C27H27N5O4S. The Bertz CT molecular complexity index is 1540. The fraction of sp³-hybridized carbons (Fsp3) is 0.222. The summed E-state index contributed by atoms with van der Waals surface area (Å²) in [6.07, 6.45) is 3.27. The SMILES string of the molecule is Cc1nc(-c2cccc(NC3(C(=O)Nc4ccc(-c5ccccc5S(N)(=O)=O)cc4)CCCC3)c2)no1. The van der Waals surface area contributed by atoms with Gasteiger partial charge in [-0.05, 0) is 48.7 Å². The minimum Gasteiger partial charge on any atom is -0.371 e. The number of rotatable bonds is 7. The molecule has 4 aromatic rings. The number of benzene rings is 3. The second kappa shape index (κ2) is 9.79. The Labute approximate surface area is 215 Å². The molecule has 0 saturated heterocycles.